The van der Waals surface area contributed by atoms with E-state index in [1.54, 1.807) is 24.3 Å². The van der Waals surface area contributed by atoms with E-state index < -0.39 is 17.9 Å². The zero-order chi connectivity index (χ0) is 17.7. The van der Waals surface area contributed by atoms with E-state index >= 15 is 0 Å². The second-order valence-electron chi connectivity index (χ2n) is 5.19. The largest absolute Gasteiger partial charge is 0.469 e. The van der Waals surface area contributed by atoms with Crippen LogP contribution in [-0.2, 0) is 9.53 Å². The maximum atomic E-state index is 12.4. The summed E-state index contributed by atoms with van der Waals surface area (Å²) in [6.07, 6.45) is 1.40. The van der Waals surface area contributed by atoms with Crippen LogP contribution in [0.4, 0.5) is 0 Å². The van der Waals surface area contributed by atoms with Crippen molar-refractivity contribution in [1.29, 1.82) is 0 Å². The van der Waals surface area contributed by atoms with Crippen LogP contribution in [0.25, 0.3) is 0 Å². The van der Waals surface area contributed by atoms with Crippen molar-refractivity contribution in [3.63, 3.8) is 0 Å². The van der Waals surface area contributed by atoms with Gasteiger partial charge < -0.3 is 15.0 Å². The molecule has 1 aromatic heterocycles. The van der Waals surface area contributed by atoms with E-state index in [1.807, 2.05) is 0 Å². The number of ether oxygens (including phenoxy) is 1. The van der Waals surface area contributed by atoms with E-state index in [4.69, 9.17) is 11.6 Å². The van der Waals surface area contributed by atoms with Gasteiger partial charge in [-0.2, -0.15) is 0 Å². The molecule has 0 saturated carbocycles. The molecule has 2 aromatic rings. The number of nitrogens with one attached hydrogen (secondary N) is 2. The Bertz CT molecular complexity index is 769. The number of Topliss-reactive ketones (excluding diaryl/α,β-unsaturated/α-hetero) is 1. The number of aromatic nitrogens is 1. The highest BCUT2D eigenvalue weighted by molar-refractivity contribution is 6.31. The van der Waals surface area contributed by atoms with Gasteiger partial charge in [0.15, 0.2) is 5.78 Å². The normalized spacial score (nSPS) is 11.6. The van der Waals surface area contributed by atoms with Gasteiger partial charge in [0, 0.05) is 16.8 Å². The summed E-state index contributed by atoms with van der Waals surface area (Å²) in [5, 5.41) is 3.17. The molecular weight excluding hydrogens is 332 g/mol. The second-order valence-corrected chi connectivity index (χ2v) is 5.59. The average Bonchev–Trinajstić information content (AvgIpc) is 3.05. The van der Waals surface area contributed by atoms with Gasteiger partial charge in [-0.05, 0) is 24.6 Å². The van der Waals surface area contributed by atoms with E-state index in [0.717, 1.165) is 0 Å². The van der Waals surface area contributed by atoms with Crippen LogP contribution in [0, 0.1) is 0 Å². The summed E-state index contributed by atoms with van der Waals surface area (Å²) in [7, 11) is 1.28. The van der Waals surface area contributed by atoms with Gasteiger partial charge >= 0.3 is 5.97 Å². The molecule has 0 aliphatic carbocycles. The molecule has 1 heterocycles. The van der Waals surface area contributed by atoms with Gasteiger partial charge in [-0.1, -0.05) is 29.8 Å². The highest BCUT2D eigenvalue weighted by atomic mass is 35.5. The zero-order valence-electron chi connectivity index (χ0n) is 13.3. The summed E-state index contributed by atoms with van der Waals surface area (Å²) in [6.45, 7) is 1.41. The SMILES string of the molecule is COC(=O)C[C@@H](NC(=O)c1cc(C(C)=O)c[nH]1)c1ccccc1Cl. The molecule has 7 heteroatoms. The first kappa shape index (κ1) is 17.7. The lowest BCUT2D eigenvalue weighted by Crippen LogP contribution is -2.31. The minimum atomic E-state index is -0.650. The number of hydrogen-bond acceptors (Lipinski definition) is 4. The molecule has 126 valence electrons. The Kier molecular flexibility index (Phi) is 5.76. The van der Waals surface area contributed by atoms with Gasteiger partial charge in [0.1, 0.15) is 5.69 Å². The number of carbonyl (C=O) groups is 3. The Morgan fingerprint density at radius 3 is 2.58 bits per heavy atom. The molecular formula is C17H17ClN2O4. The molecule has 0 aliphatic heterocycles. The number of benzene rings is 1. The number of rotatable bonds is 6. The Labute approximate surface area is 144 Å². The number of aromatic amines is 1. The molecule has 0 bridgehead atoms. The minimum Gasteiger partial charge on any atom is -0.469 e. The Morgan fingerprint density at radius 2 is 2.00 bits per heavy atom. The molecule has 0 saturated heterocycles. The van der Waals surface area contributed by atoms with E-state index in [-0.39, 0.29) is 17.9 Å². The highest BCUT2D eigenvalue weighted by Crippen LogP contribution is 2.25. The van der Waals surface area contributed by atoms with Crippen LogP contribution in [0.5, 0.6) is 0 Å². The van der Waals surface area contributed by atoms with Crippen LogP contribution in [0.1, 0.15) is 45.8 Å². The molecule has 0 aliphatic rings. The fourth-order valence-electron chi connectivity index (χ4n) is 2.21. The third kappa shape index (κ3) is 4.23. The third-order valence-corrected chi connectivity index (χ3v) is 3.86. The van der Waals surface area contributed by atoms with Crippen molar-refractivity contribution in [1.82, 2.24) is 10.3 Å². The smallest absolute Gasteiger partial charge is 0.307 e. The number of ketones is 1. The molecule has 2 rings (SSSR count). The molecule has 6 nitrogen and oxygen atoms in total. The summed E-state index contributed by atoms with van der Waals surface area (Å²) in [5.74, 6) is -1.07. The highest BCUT2D eigenvalue weighted by Gasteiger charge is 2.22. The van der Waals surface area contributed by atoms with Crippen molar-refractivity contribution >= 4 is 29.3 Å². The van der Waals surface area contributed by atoms with Crippen LogP contribution in [0.3, 0.4) is 0 Å². The van der Waals surface area contributed by atoms with Gasteiger partial charge in [-0.25, -0.2) is 0 Å². The molecule has 1 amide bonds. The number of halogens is 1. The molecule has 2 N–H and O–H groups in total. The standard InChI is InChI=1S/C17H17ClN2O4/c1-10(21)11-7-15(19-9-11)17(23)20-14(8-16(22)24-2)12-5-3-4-6-13(12)18/h3-7,9,14,19H,8H2,1-2H3,(H,20,23)/t14-/m1/s1. The lowest BCUT2D eigenvalue weighted by molar-refractivity contribution is -0.141. The number of carbonyl (C=O) groups excluding carboxylic acids is 3. The van der Waals surface area contributed by atoms with E-state index in [9.17, 15) is 14.4 Å². The first-order valence-electron chi connectivity index (χ1n) is 7.23. The summed E-state index contributed by atoms with van der Waals surface area (Å²) in [4.78, 5) is 38.1. The van der Waals surface area contributed by atoms with Gasteiger partial charge in [0.05, 0.1) is 19.6 Å². The van der Waals surface area contributed by atoms with Crippen LogP contribution < -0.4 is 5.32 Å². The first-order valence-corrected chi connectivity index (χ1v) is 7.61. The van der Waals surface area contributed by atoms with Crippen LogP contribution in [-0.4, -0.2) is 29.8 Å². The molecule has 0 unspecified atom stereocenters. The lowest BCUT2D eigenvalue weighted by Gasteiger charge is -2.19. The number of esters is 1. The predicted molar refractivity (Wildman–Crippen MR) is 89.1 cm³/mol. The second kappa shape index (κ2) is 7.79. The molecule has 0 radical (unpaired) electrons. The van der Waals surface area contributed by atoms with Crippen molar-refractivity contribution < 1.29 is 19.1 Å². The van der Waals surface area contributed by atoms with Crippen LogP contribution in [0.2, 0.25) is 5.02 Å². The zero-order valence-corrected chi connectivity index (χ0v) is 14.0. The molecule has 1 aromatic carbocycles. The third-order valence-electron chi connectivity index (χ3n) is 3.52. The summed E-state index contributed by atoms with van der Waals surface area (Å²) < 4.78 is 4.68. The number of H-pyrrole nitrogens is 1. The maximum absolute atomic E-state index is 12.4. The predicted octanol–water partition coefficient (Wildman–Crippen LogP) is 2.90. The van der Waals surface area contributed by atoms with Gasteiger partial charge in [0.2, 0.25) is 0 Å². The van der Waals surface area contributed by atoms with E-state index in [1.165, 1.54) is 26.3 Å². The quantitative estimate of drug-likeness (QED) is 0.620. The Morgan fingerprint density at radius 1 is 1.29 bits per heavy atom. The van der Waals surface area contributed by atoms with Crippen molar-refractivity contribution in [3.05, 3.63) is 58.4 Å². The van der Waals surface area contributed by atoms with Crippen LogP contribution in [0.15, 0.2) is 36.5 Å². The fraction of sp³-hybridized carbons (Fsp3) is 0.235. The van der Waals surface area contributed by atoms with Gasteiger partial charge in [0.25, 0.3) is 5.91 Å². The number of amides is 1. The van der Waals surface area contributed by atoms with Gasteiger partial charge in [-0.15, -0.1) is 0 Å². The number of hydrogen-bond donors (Lipinski definition) is 2. The van der Waals surface area contributed by atoms with Crippen LogP contribution >= 0.6 is 11.6 Å². The number of methoxy groups -OCH3 is 1. The topological polar surface area (TPSA) is 88.3 Å². The van der Waals surface area contributed by atoms with E-state index in [2.05, 4.69) is 15.0 Å². The average molecular weight is 349 g/mol. The summed E-state index contributed by atoms with van der Waals surface area (Å²) >= 11 is 6.16. The Balaban J connectivity index is 2.24. The van der Waals surface area contributed by atoms with Crippen molar-refractivity contribution in [2.24, 2.45) is 0 Å². The van der Waals surface area contributed by atoms with E-state index in [0.29, 0.717) is 16.1 Å². The molecule has 0 fully saturated rings. The fourth-order valence-corrected chi connectivity index (χ4v) is 2.48. The lowest BCUT2D eigenvalue weighted by atomic mass is 10.0. The first-order chi connectivity index (χ1) is 11.4. The van der Waals surface area contributed by atoms with Crippen molar-refractivity contribution in [2.75, 3.05) is 7.11 Å². The summed E-state index contributed by atoms with van der Waals surface area (Å²) in [5.41, 5.74) is 1.24. The molecule has 24 heavy (non-hydrogen) atoms. The molecule has 1 atom stereocenters. The summed E-state index contributed by atoms with van der Waals surface area (Å²) in [6, 6.07) is 7.73. The minimum absolute atomic E-state index is 0.0632. The van der Waals surface area contributed by atoms with Crippen molar-refractivity contribution in [2.45, 2.75) is 19.4 Å². The maximum Gasteiger partial charge on any atom is 0.307 e. The Hall–Kier alpha value is -2.60. The van der Waals surface area contributed by atoms with Crippen molar-refractivity contribution in [3.8, 4) is 0 Å². The molecule has 0 spiro atoms. The monoisotopic (exact) mass is 348 g/mol. The van der Waals surface area contributed by atoms with Gasteiger partial charge in [-0.3, -0.25) is 14.4 Å².